The minimum atomic E-state index is -2.18. The molecule has 2 heterocycles. The zero-order chi connectivity index (χ0) is 38.8. The third-order valence-corrected chi connectivity index (χ3v) is 15.6. The largest absolute Gasteiger partial charge is 0.456 e. The van der Waals surface area contributed by atoms with Gasteiger partial charge in [-0.1, -0.05) is 134 Å². The van der Waals surface area contributed by atoms with Crippen molar-refractivity contribution < 1.29 is 4.42 Å². The fourth-order valence-electron chi connectivity index (χ4n) is 9.24. The maximum atomic E-state index is 6.23. The molecular weight excluding hydrogens is 721 g/mol. The van der Waals surface area contributed by atoms with Crippen LogP contribution in [0.2, 0.25) is 13.1 Å². The normalized spacial score (nSPS) is 12.8. The molecule has 0 amide bonds. The van der Waals surface area contributed by atoms with Crippen LogP contribution in [-0.2, 0) is 0 Å². The molecule has 3 nitrogen and oxygen atoms in total. The molecule has 0 saturated carbocycles. The van der Waals surface area contributed by atoms with Crippen LogP contribution in [0.5, 0.6) is 0 Å². The number of nitrogens with zero attached hydrogens (tertiary/aromatic N) is 2. The third-order valence-electron chi connectivity index (χ3n) is 12.0. The second-order valence-corrected chi connectivity index (χ2v) is 20.1. The summed E-state index contributed by atoms with van der Waals surface area (Å²) in [5.41, 5.74) is 13.7. The smallest absolute Gasteiger partial charge is 0.135 e. The Morgan fingerprint density at radius 3 is 1.53 bits per heavy atom. The van der Waals surface area contributed by atoms with Gasteiger partial charge in [0.15, 0.2) is 0 Å². The Morgan fingerprint density at radius 1 is 0.345 bits per heavy atom. The molecular formula is C54H40N2OSi. The van der Waals surface area contributed by atoms with Crippen LogP contribution in [0.1, 0.15) is 0 Å². The first-order chi connectivity index (χ1) is 28.5. The SMILES string of the molecule is C[Si]1(C)c2cc(N(c3ccccc3)c3ccc4oc5ccccc5c4c3)ccc2-c2ccc(-c3ccc(N(c4ccccc4)c4ccccc4)cc3)c3cccc1c23. The van der Waals surface area contributed by atoms with Crippen LogP contribution < -0.4 is 20.2 Å². The summed E-state index contributed by atoms with van der Waals surface area (Å²) in [7, 11) is -2.18. The zero-order valence-electron chi connectivity index (χ0n) is 32.4. The van der Waals surface area contributed by atoms with Crippen molar-refractivity contribution >= 4 is 85.3 Å². The van der Waals surface area contributed by atoms with Crippen molar-refractivity contribution in [1.29, 1.82) is 0 Å². The van der Waals surface area contributed by atoms with E-state index in [1.165, 1.54) is 43.4 Å². The number of hydrogen-bond donors (Lipinski definition) is 0. The van der Waals surface area contributed by atoms with Gasteiger partial charge in [0.05, 0.1) is 0 Å². The second kappa shape index (κ2) is 13.5. The highest BCUT2D eigenvalue weighted by Crippen LogP contribution is 2.43. The molecule has 276 valence electrons. The summed E-state index contributed by atoms with van der Waals surface area (Å²) < 4.78 is 6.23. The van der Waals surface area contributed by atoms with Crippen molar-refractivity contribution in [3.63, 3.8) is 0 Å². The predicted octanol–water partition coefficient (Wildman–Crippen LogP) is 14.1. The number of anilines is 6. The van der Waals surface area contributed by atoms with Gasteiger partial charge in [0.2, 0.25) is 0 Å². The zero-order valence-corrected chi connectivity index (χ0v) is 33.4. The summed E-state index contributed by atoms with van der Waals surface area (Å²) in [6, 6.07) is 74.7. The number of hydrogen-bond acceptors (Lipinski definition) is 3. The van der Waals surface area contributed by atoms with Crippen molar-refractivity contribution in [1.82, 2.24) is 0 Å². The minimum Gasteiger partial charge on any atom is -0.456 e. The summed E-state index contributed by atoms with van der Waals surface area (Å²) in [6.07, 6.45) is 0. The lowest BCUT2D eigenvalue weighted by Gasteiger charge is -2.35. The summed E-state index contributed by atoms with van der Waals surface area (Å²) in [5.74, 6) is 0. The van der Waals surface area contributed by atoms with E-state index in [2.05, 4.69) is 217 Å². The molecule has 0 unspecified atom stereocenters. The maximum Gasteiger partial charge on any atom is 0.135 e. The van der Waals surface area contributed by atoms with E-state index in [0.29, 0.717) is 0 Å². The predicted molar refractivity (Wildman–Crippen MR) is 248 cm³/mol. The van der Waals surface area contributed by atoms with Crippen molar-refractivity contribution in [2.45, 2.75) is 13.1 Å². The fraction of sp³-hybridized carbons (Fsp3) is 0.0370. The van der Waals surface area contributed by atoms with Gasteiger partial charge in [0.25, 0.3) is 0 Å². The standard InChI is InChI=1S/C54H40N2OSi/c1-58(2)52-24-14-22-47-44(37-25-27-41(28-26-37)55(38-15-6-3-7-16-38)39-17-8-4-9-18-39)32-33-48(54(47)52)46-31-29-43(36-53(46)58)56(40-19-10-5-11-20-40)42-30-34-51-49(35-42)45-21-12-13-23-50(45)57-51/h3-36H,1-2H3. The molecule has 10 aromatic rings. The number of benzene rings is 9. The van der Waals surface area contributed by atoms with Crippen LogP contribution in [0.4, 0.5) is 34.1 Å². The Labute approximate surface area is 339 Å². The Kier molecular flexibility index (Phi) is 7.95. The Morgan fingerprint density at radius 2 is 0.845 bits per heavy atom. The van der Waals surface area contributed by atoms with Gasteiger partial charge in [0.1, 0.15) is 19.2 Å². The monoisotopic (exact) mass is 760 g/mol. The van der Waals surface area contributed by atoms with Crippen molar-refractivity contribution in [3.8, 4) is 22.3 Å². The van der Waals surface area contributed by atoms with Crippen molar-refractivity contribution in [2.75, 3.05) is 9.80 Å². The highest BCUT2D eigenvalue weighted by molar-refractivity contribution is 7.03. The summed E-state index contributed by atoms with van der Waals surface area (Å²) in [4.78, 5) is 4.71. The Hall–Kier alpha value is -7.14. The molecule has 0 aliphatic carbocycles. The van der Waals surface area contributed by atoms with E-state index in [1.54, 1.807) is 0 Å². The molecule has 9 aromatic carbocycles. The lowest BCUT2D eigenvalue weighted by Crippen LogP contribution is -2.56. The van der Waals surface area contributed by atoms with Crippen molar-refractivity contribution in [2.24, 2.45) is 0 Å². The summed E-state index contributed by atoms with van der Waals surface area (Å²) in [6.45, 7) is 5.04. The maximum absolute atomic E-state index is 6.23. The molecule has 0 fully saturated rings. The van der Waals surface area contributed by atoms with E-state index < -0.39 is 8.07 Å². The highest BCUT2D eigenvalue weighted by atomic mass is 28.3. The molecule has 0 N–H and O–H groups in total. The van der Waals surface area contributed by atoms with Gasteiger partial charge >= 0.3 is 0 Å². The van der Waals surface area contributed by atoms with Gasteiger partial charge < -0.3 is 14.2 Å². The van der Waals surface area contributed by atoms with E-state index in [9.17, 15) is 0 Å². The van der Waals surface area contributed by atoms with Gasteiger partial charge in [-0.3, -0.25) is 0 Å². The quantitative estimate of drug-likeness (QED) is 0.151. The first kappa shape index (κ1) is 34.1. The fourth-order valence-corrected chi connectivity index (χ4v) is 12.3. The number of furan rings is 1. The first-order valence-corrected chi connectivity index (χ1v) is 23.0. The van der Waals surface area contributed by atoms with Gasteiger partial charge in [-0.15, -0.1) is 0 Å². The molecule has 0 saturated heterocycles. The van der Waals surface area contributed by atoms with E-state index in [0.717, 1.165) is 56.1 Å². The molecule has 0 spiro atoms. The summed E-state index contributed by atoms with van der Waals surface area (Å²) >= 11 is 0. The average molecular weight is 761 g/mol. The van der Waals surface area contributed by atoms with Crippen LogP contribution >= 0.6 is 0 Å². The Bertz CT molecular complexity index is 3100. The average Bonchev–Trinajstić information content (AvgIpc) is 3.65. The summed E-state index contributed by atoms with van der Waals surface area (Å²) in [5, 5.41) is 7.91. The minimum absolute atomic E-state index is 0.901. The highest BCUT2D eigenvalue weighted by Gasteiger charge is 2.36. The van der Waals surface area contributed by atoms with Gasteiger partial charge in [0, 0.05) is 44.9 Å². The van der Waals surface area contributed by atoms with E-state index >= 15 is 0 Å². The van der Waals surface area contributed by atoms with E-state index in [-0.39, 0.29) is 0 Å². The van der Waals surface area contributed by atoms with Crippen LogP contribution in [0.3, 0.4) is 0 Å². The van der Waals surface area contributed by atoms with Gasteiger partial charge in [-0.25, -0.2) is 0 Å². The molecule has 1 aliphatic heterocycles. The number of fused-ring (bicyclic) bond motifs is 5. The Balaban J connectivity index is 1.02. The van der Waals surface area contributed by atoms with Crippen molar-refractivity contribution in [3.05, 3.63) is 206 Å². The number of para-hydroxylation sites is 4. The lowest BCUT2D eigenvalue weighted by molar-refractivity contribution is 0.669. The van der Waals surface area contributed by atoms with Gasteiger partial charge in [-0.2, -0.15) is 0 Å². The third kappa shape index (κ3) is 5.48. The molecule has 1 aromatic heterocycles. The lowest BCUT2D eigenvalue weighted by atomic mass is 9.91. The van der Waals surface area contributed by atoms with Crippen LogP contribution in [-0.4, -0.2) is 8.07 Å². The molecule has 58 heavy (non-hydrogen) atoms. The van der Waals surface area contributed by atoms with Crippen LogP contribution in [0, 0.1) is 0 Å². The molecule has 0 atom stereocenters. The molecule has 0 bridgehead atoms. The van der Waals surface area contributed by atoms with E-state index in [4.69, 9.17) is 4.42 Å². The molecule has 11 rings (SSSR count). The second-order valence-electron chi connectivity index (χ2n) is 15.7. The van der Waals surface area contributed by atoms with Gasteiger partial charge in [-0.05, 0) is 128 Å². The first-order valence-electron chi connectivity index (χ1n) is 20.0. The van der Waals surface area contributed by atoms with Crippen LogP contribution in [0.25, 0.3) is 55.0 Å². The molecule has 0 radical (unpaired) electrons. The molecule has 4 heteroatoms. The van der Waals surface area contributed by atoms with Crippen LogP contribution in [0.15, 0.2) is 211 Å². The number of rotatable bonds is 7. The molecule has 1 aliphatic rings. The van der Waals surface area contributed by atoms with E-state index in [1.807, 2.05) is 12.1 Å². The topological polar surface area (TPSA) is 19.6 Å².